The van der Waals surface area contributed by atoms with Crippen LogP contribution in [0.2, 0.25) is 0 Å². The van der Waals surface area contributed by atoms with Gasteiger partial charge in [-0.1, -0.05) is 19.9 Å². The SMILES string of the molecule is CCCN(CCC)CCC(=O)Nc1cc(C)ccc1OC. The van der Waals surface area contributed by atoms with Crippen LogP contribution in [0.4, 0.5) is 5.69 Å². The maximum absolute atomic E-state index is 12.1. The summed E-state index contributed by atoms with van der Waals surface area (Å²) in [7, 11) is 1.62. The molecule has 0 heterocycles. The van der Waals surface area contributed by atoms with Gasteiger partial charge >= 0.3 is 0 Å². The zero-order chi connectivity index (χ0) is 15.7. The number of nitrogens with zero attached hydrogens (tertiary/aromatic N) is 1. The minimum Gasteiger partial charge on any atom is -0.495 e. The molecule has 1 rings (SSSR count). The molecule has 0 saturated heterocycles. The molecule has 0 aliphatic heterocycles. The van der Waals surface area contributed by atoms with E-state index in [9.17, 15) is 4.79 Å². The van der Waals surface area contributed by atoms with Gasteiger partial charge in [-0.05, 0) is 50.6 Å². The Morgan fingerprint density at radius 3 is 2.43 bits per heavy atom. The number of anilines is 1. The van der Waals surface area contributed by atoms with Gasteiger partial charge in [-0.15, -0.1) is 0 Å². The van der Waals surface area contributed by atoms with Gasteiger partial charge < -0.3 is 15.0 Å². The molecule has 0 saturated carbocycles. The van der Waals surface area contributed by atoms with Crippen LogP contribution in [0.5, 0.6) is 5.75 Å². The third-order valence-corrected chi connectivity index (χ3v) is 3.36. The molecule has 1 amide bonds. The molecule has 0 atom stereocenters. The molecule has 118 valence electrons. The van der Waals surface area contributed by atoms with Gasteiger partial charge in [0, 0.05) is 13.0 Å². The van der Waals surface area contributed by atoms with E-state index in [1.807, 2.05) is 25.1 Å². The van der Waals surface area contributed by atoms with Crippen LogP contribution in [-0.2, 0) is 4.79 Å². The highest BCUT2D eigenvalue weighted by atomic mass is 16.5. The van der Waals surface area contributed by atoms with Gasteiger partial charge in [0.15, 0.2) is 0 Å². The van der Waals surface area contributed by atoms with Crippen molar-refractivity contribution in [2.75, 3.05) is 32.1 Å². The van der Waals surface area contributed by atoms with Gasteiger partial charge in [0.05, 0.1) is 12.8 Å². The predicted molar refractivity (Wildman–Crippen MR) is 88.0 cm³/mol. The minimum absolute atomic E-state index is 0.0381. The quantitative estimate of drug-likeness (QED) is 0.758. The fourth-order valence-corrected chi connectivity index (χ4v) is 2.36. The molecule has 1 aromatic carbocycles. The molecule has 1 aromatic rings. The monoisotopic (exact) mass is 292 g/mol. The summed E-state index contributed by atoms with van der Waals surface area (Å²) in [4.78, 5) is 14.5. The van der Waals surface area contributed by atoms with E-state index in [1.165, 1.54) is 0 Å². The first-order chi connectivity index (χ1) is 10.1. The van der Waals surface area contributed by atoms with Crippen molar-refractivity contribution in [1.29, 1.82) is 0 Å². The van der Waals surface area contributed by atoms with Crippen molar-refractivity contribution in [3.05, 3.63) is 23.8 Å². The number of carbonyl (C=O) groups excluding carboxylic acids is 1. The fourth-order valence-electron chi connectivity index (χ4n) is 2.36. The minimum atomic E-state index is 0.0381. The van der Waals surface area contributed by atoms with E-state index in [-0.39, 0.29) is 5.91 Å². The van der Waals surface area contributed by atoms with Crippen LogP contribution in [0, 0.1) is 6.92 Å². The molecule has 4 nitrogen and oxygen atoms in total. The Morgan fingerprint density at radius 2 is 1.86 bits per heavy atom. The standard InChI is InChI=1S/C17H28N2O2/c1-5-10-19(11-6-2)12-9-17(20)18-15-13-14(3)7-8-16(15)21-4/h7-8,13H,5-6,9-12H2,1-4H3,(H,18,20). The van der Waals surface area contributed by atoms with Crippen LogP contribution in [0.3, 0.4) is 0 Å². The van der Waals surface area contributed by atoms with Crippen molar-refractivity contribution >= 4 is 11.6 Å². The second-order valence-corrected chi connectivity index (χ2v) is 5.34. The number of nitrogens with one attached hydrogen (secondary N) is 1. The summed E-state index contributed by atoms with van der Waals surface area (Å²) < 4.78 is 5.28. The van der Waals surface area contributed by atoms with E-state index in [1.54, 1.807) is 7.11 Å². The molecule has 0 fully saturated rings. The Morgan fingerprint density at radius 1 is 1.19 bits per heavy atom. The Labute approximate surface area is 128 Å². The van der Waals surface area contributed by atoms with E-state index in [0.29, 0.717) is 12.2 Å². The first-order valence-corrected chi connectivity index (χ1v) is 7.77. The van der Waals surface area contributed by atoms with E-state index in [2.05, 4.69) is 24.1 Å². The van der Waals surface area contributed by atoms with E-state index in [0.717, 1.165) is 43.7 Å². The number of hydrogen-bond donors (Lipinski definition) is 1. The number of amides is 1. The molecule has 0 aliphatic carbocycles. The van der Waals surface area contributed by atoms with Crippen LogP contribution in [-0.4, -0.2) is 37.6 Å². The summed E-state index contributed by atoms with van der Waals surface area (Å²) in [6.07, 6.45) is 2.75. The van der Waals surface area contributed by atoms with Gasteiger partial charge in [0.25, 0.3) is 0 Å². The van der Waals surface area contributed by atoms with Crippen LogP contribution in [0.15, 0.2) is 18.2 Å². The third kappa shape index (κ3) is 6.17. The summed E-state index contributed by atoms with van der Waals surface area (Å²) in [5.41, 5.74) is 1.85. The second kappa shape index (κ2) is 9.40. The zero-order valence-electron chi connectivity index (χ0n) is 13.7. The van der Waals surface area contributed by atoms with Crippen LogP contribution in [0.25, 0.3) is 0 Å². The van der Waals surface area contributed by atoms with E-state index >= 15 is 0 Å². The summed E-state index contributed by atoms with van der Waals surface area (Å²) in [6.45, 7) is 9.24. The van der Waals surface area contributed by atoms with Crippen LogP contribution < -0.4 is 10.1 Å². The van der Waals surface area contributed by atoms with Gasteiger partial charge in [0.2, 0.25) is 5.91 Å². The van der Waals surface area contributed by atoms with Crippen molar-refractivity contribution in [2.45, 2.75) is 40.0 Å². The number of methoxy groups -OCH3 is 1. The lowest BCUT2D eigenvalue weighted by atomic mass is 10.2. The number of rotatable bonds is 9. The normalized spacial score (nSPS) is 10.7. The molecule has 0 aliphatic rings. The summed E-state index contributed by atoms with van der Waals surface area (Å²) >= 11 is 0. The Bertz CT molecular complexity index is 440. The van der Waals surface area contributed by atoms with Crippen LogP contribution >= 0.6 is 0 Å². The largest absolute Gasteiger partial charge is 0.495 e. The van der Waals surface area contributed by atoms with Crippen molar-refractivity contribution in [3.63, 3.8) is 0 Å². The van der Waals surface area contributed by atoms with Crippen molar-refractivity contribution < 1.29 is 9.53 Å². The number of hydrogen-bond acceptors (Lipinski definition) is 3. The maximum atomic E-state index is 12.1. The first-order valence-electron chi connectivity index (χ1n) is 7.77. The molecule has 0 unspecified atom stereocenters. The molecule has 1 N–H and O–H groups in total. The summed E-state index contributed by atoms with van der Waals surface area (Å²) in [6, 6.07) is 5.79. The van der Waals surface area contributed by atoms with Crippen molar-refractivity contribution in [3.8, 4) is 5.75 Å². The van der Waals surface area contributed by atoms with Crippen molar-refractivity contribution in [1.82, 2.24) is 4.90 Å². The Hall–Kier alpha value is -1.55. The zero-order valence-corrected chi connectivity index (χ0v) is 13.7. The Balaban J connectivity index is 2.55. The molecule has 0 aromatic heterocycles. The average Bonchev–Trinajstić information content (AvgIpc) is 2.45. The number of carbonyl (C=O) groups is 1. The highest BCUT2D eigenvalue weighted by molar-refractivity contribution is 5.92. The molecular weight excluding hydrogens is 264 g/mol. The fraction of sp³-hybridized carbons (Fsp3) is 0.588. The molecule has 21 heavy (non-hydrogen) atoms. The smallest absolute Gasteiger partial charge is 0.225 e. The number of benzene rings is 1. The molecule has 0 bridgehead atoms. The molecule has 0 spiro atoms. The molecule has 4 heteroatoms. The molecule has 0 radical (unpaired) electrons. The van der Waals surface area contributed by atoms with Gasteiger partial charge in [-0.3, -0.25) is 4.79 Å². The lowest BCUT2D eigenvalue weighted by molar-refractivity contribution is -0.116. The number of ether oxygens (including phenoxy) is 1. The van der Waals surface area contributed by atoms with Crippen LogP contribution in [0.1, 0.15) is 38.7 Å². The lowest BCUT2D eigenvalue weighted by Crippen LogP contribution is -2.29. The second-order valence-electron chi connectivity index (χ2n) is 5.34. The highest BCUT2D eigenvalue weighted by Gasteiger charge is 2.10. The van der Waals surface area contributed by atoms with E-state index in [4.69, 9.17) is 4.74 Å². The predicted octanol–water partition coefficient (Wildman–Crippen LogP) is 3.45. The van der Waals surface area contributed by atoms with Gasteiger partial charge in [0.1, 0.15) is 5.75 Å². The van der Waals surface area contributed by atoms with E-state index < -0.39 is 0 Å². The third-order valence-electron chi connectivity index (χ3n) is 3.36. The average molecular weight is 292 g/mol. The van der Waals surface area contributed by atoms with Gasteiger partial charge in [-0.2, -0.15) is 0 Å². The first kappa shape index (κ1) is 17.5. The maximum Gasteiger partial charge on any atom is 0.225 e. The highest BCUT2D eigenvalue weighted by Crippen LogP contribution is 2.25. The number of aryl methyl sites for hydroxylation is 1. The molecular formula is C17H28N2O2. The Kier molecular flexibility index (Phi) is 7.83. The van der Waals surface area contributed by atoms with Gasteiger partial charge in [-0.25, -0.2) is 0 Å². The summed E-state index contributed by atoms with van der Waals surface area (Å²) in [5, 5.41) is 2.95. The lowest BCUT2D eigenvalue weighted by Gasteiger charge is -2.20. The van der Waals surface area contributed by atoms with Crippen molar-refractivity contribution in [2.24, 2.45) is 0 Å². The summed E-state index contributed by atoms with van der Waals surface area (Å²) in [5.74, 6) is 0.740. The topological polar surface area (TPSA) is 41.6 Å².